The summed E-state index contributed by atoms with van der Waals surface area (Å²) in [5, 5.41) is 1.29. The van der Waals surface area contributed by atoms with Gasteiger partial charge in [0.2, 0.25) is 0 Å². The second-order valence-corrected chi connectivity index (χ2v) is 10.5. The topological polar surface area (TPSA) is 81.9 Å². The Morgan fingerprint density at radius 2 is 2.03 bits per heavy atom. The van der Waals surface area contributed by atoms with E-state index in [9.17, 15) is 22.0 Å². The highest BCUT2D eigenvalue weighted by molar-refractivity contribution is 7.93. The van der Waals surface area contributed by atoms with Crippen molar-refractivity contribution >= 4 is 26.3 Å². The Balaban J connectivity index is 1.97. The van der Waals surface area contributed by atoms with Gasteiger partial charge in [-0.2, -0.15) is 8.78 Å². The maximum atomic E-state index is 13.9. The van der Waals surface area contributed by atoms with Crippen molar-refractivity contribution in [2.24, 2.45) is 5.92 Å². The molecule has 2 aliphatic rings. The molecule has 2 aromatic rings. The first-order valence-corrected chi connectivity index (χ1v) is 12.4. The zero-order valence-electron chi connectivity index (χ0n) is 17.5. The Hall–Kier alpha value is -2.42. The average Bonchev–Trinajstić information content (AvgIpc) is 3.53. The second-order valence-electron chi connectivity index (χ2n) is 8.56. The summed E-state index contributed by atoms with van der Waals surface area (Å²) in [6, 6.07) is -0.429. The Morgan fingerprint density at radius 3 is 2.61 bits per heavy atom. The predicted octanol–water partition coefficient (Wildman–Crippen LogP) is 4.37. The van der Waals surface area contributed by atoms with Gasteiger partial charge in [0.1, 0.15) is 0 Å². The van der Waals surface area contributed by atoms with Gasteiger partial charge < -0.3 is 4.57 Å². The van der Waals surface area contributed by atoms with Crippen LogP contribution in [0.5, 0.6) is 0 Å². The van der Waals surface area contributed by atoms with Crippen molar-refractivity contribution in [1.82, 2.24) is 14.5 Å². The average molecular weight is 450 g/mol. The lowest BCUT2D eigenvalue weighted by molar-refractivity contribution is 0.00805. The Bertz CT molecular complexity index is 1240. The van der Waals surface area contributed by atoms with Gasteiger partial charge in [0, 0.05) is 36.5 Å². The number of nitrogens with zero attached hydrogens (tertiary/aromatic N) is 3. The number of pyridine rings is 1. The molecule has 31 heavy (non-hydrogen) atoms. The number of aromatic nitrogens is 3. The molecule has 9 heteroatoms. The Morgan fingerprint density at radius 1 is 1.29 bits per heavy atom. The van der Waals surface area contributed by atoms with E-state index in [0.29, 0.717) is 5.56 Å². The van der Waals surface area contributed by atoms with E-state index in [1.807, 2.05) is 0 Å². The second kappa shape index (κ2) is 7.93. The van der Waals surface area contributed by atoms with Gasteiger partial charge in [0.15, 0.2) is 15.7 Å². The van der Waals surface area contributed by atoms with Crippen LogP contribution >= 0.6 is 0 Å². The van der Waals surface area contributed by atoms with Crippen LogP contribution in [0.4, 0.5) is 8.78 Å². The van der Waals surface area contributed by atoms with E-state index in [1.54, 1.807) is 12.3 Å². The zero-order valence-corrected chi connectivity index (χ0v) is 18.3. The lowest BCUT2D eigenvalue weighted by Crippen LogP contribution is -2.27. The van der Waals surface area contributed by atoms with Crippen LogP contribution in [-0.2, 0) is 15.8 Å². The molecule has 0 spiro atoms. The first kappa shape index (κ1) is 21.8. The number of allylic oxidation sites excluding steroid dienone is 3. The van der Waals surface area contributed by atoms with Crippen LogP contribution in [0.2, 0.25) is 0 Å². The fourth-order valence-electron chi connectivity index (χ4n) is 4.03. The minimum Gasteiger partial charge on any atom is -0.307 e. The maximum absolute atomic E-state index is 13.9. The molecule has 1 unspecified atom stereocenters. The third-order valence-electron chi connectivity index (χ3n) is 5.76. The summed E-state index contributed by atoms with van der Waals surface area (Å²) < 4.78 is 52.7. The molecule has 166 valence electrons. The van der Waals surface area contributed by atoms with E-state index < -0.39 is 33.2 Å². The van der Waals surface area contributed by atoms with Gasteiger partial charge >= 0.3 is 5.92 Å². The third kappa shape index (κ3) is 4.76. The molecule has 2 aromatic heterocycles. The van der Waals surface area contributed by atoms with Crippen molar-refractivity contribution in [2.45, 2.75) is 57.4 Å². The van der Waals surface area contributed by atoms with Crippen LogP contribution in [0.15, 0.2) is 34.7 Å². The molecule has 0 saturated heterocycles. The fourth-order valence-corrected chi connectivity index (χ4v) is 4.48. The Labute approximate surface area is 179 Å². The molecule has 0 aromatic carbocycles. The summed E-state index contributed by atoms with van der Waals surface area (Å²) in [4.78, 5) is 21.2. The summed E-state index contributed by atoms with van der Waals surface area (Å²) >= 11 is 0. The van der Waals surface area contributed by atoms with Crippen LogP contribution in [0, 0.1) is 5.92 Å². The first-order chi connectivity index (χ1) is 14.5. The number of fused-ring (bicyclic) bond motifs is 1. The standard InChI is InChI=1S/C22H25F2N3O3S/c1-22(23,24)21-25-12-16-19(26-21)17(14-6-4-3-5-7-14)13-27(20(16)28)18(15-8-9-15)10-11-31(2,29)30/h6,10-13,15,18H,3-5,7-9H2,1-2H3/b11-10+. The molecule has 2 heterocycles. The van der Waals surface area contributed by atoms with E-state index in [0.717, 1.165) is 62.7 Å². The largest absolute Gasteiger partial charge is 0.307 e. The van der Waals surface area contributed by atoms with Crippen LogP contribution in [0.3, 0.4) is 0 Å². The van der Waals surface area contributed by atoms with Crippen molar-refractivity contribution in [3.05, 3.63) is 51.7 Å². The summed E-state index contributed by atoms with van der Waals surface area (Å²) in [5.41, 5.74) is 1.43. The van der Waals surface area contributed by atoms with Crippen molar-refractivity contribution in [3.8, 4) is 0 Å². The molecule has 4 rings (SSSR count). The van der Waals surface area contributed by atoms with Crippen molar-refractivity contribution in [3.63, 3.8) is 0 Å². The SMILES string of the molecule is CC(F)(F)c1ncc2c(=O)n(C(/C=C/S(C)(=O)=O)C3CC3)cc(C3=CCCCC3)c2n1. The van der Waals surface area contributed by atoms with E-state index in [2.05, 4.69) is 16.0 Å². The van der Waals surface area contributed by atoms with E-state index in [1.165, 1.54) is 10.8 Å². The molecule has 2 aliphatic carbocycles. The van der Waals surface area contributed by atoms with Crippen LogP contribution in [0.25, 0.3) is 16.5 Å². The van der Waals surface area contributed by atoms with Gasteiger partial charge in [-0.25, -0.2) is 18.4 Å². The molecular weight excluding hydrogens is 424 g/mol. The van der Waals surface area contributed by atoms with Crippen LogP contribution < -0.4 is 5.56 Å². The predicted molar refractivity (Wildman–Crippen MR) is 116 cm³/mol. The number of halogens is 2. The highest BCUT2D eigenvalue weighted by Gasteiger charge is 2.33. The van der Waals surface area contributed by atoms with Gasteiger partial charge in [0.05, 0.1) is 16.9 Å². The van der Waals surface area contributed by atoms with E-state index in [4.69, 9.17) is 0 Å². The summed E-state index contributed by atoms with van der Waals surface area (Å²) in [6.45, 7) is 0.730. The molecule has 0 amide bonds. The molecular formula is C22H25F2N3O3S. The van der Waals surface area contributed by atoms with Gasteiger partial charge in [0.25, 0.3) is 5.56 Å². The zero-order chi connectivity index (χ0) is 22.4. The normalized spacial score (nSPS) is 19.0. The van der Waals surface area contributed by atoms with Gasteiger partial charge in [-0.1, -0.05) is 12.2 Å². The quantitative estimate of drug-likeness (QED) is 0.654. The summed E-state index contributed by atoms with van der Waals surface area (Å²) in [5.74, 6) is -3.69. The number of rotatable bonds is 6. The summed E-state index contributed by atoms with van der Waals surface area (Å²) in [6.07, 6.45) is 13.0. The van der Waals surface area contributed by atoms with E-state index in [-0.39, 0.29) is 16.8 Å². The number of sulfone groups is 1. The highest BCUT2D eigenvalue weighted by Crippen LogP contribution is 2.41. The minimum absolute atomic E-state index is 0.154. The van der Waals surface area contributed by atoms with E-state index >= 15 is 0 Å². The first-order valence-electron chi connectivity index (χ1n) is 10.4. The molecule has 0 N–H and O–H groups in total. The molecule has 1 saturated carbocycles. The van der Waals surface area contributed by atoms with Gasteiger partial charge in [-0.15, -0.1) is 0 Å². The van der Waals surface area contributed by atoms with Crippen molar-refractivity contribution in [2.75, 3.05) is 6.26 Å². The van der Waals surface area contributed by atoms with Crippen molar-refractivity contribution < 1.29 is 17.2 Å². The monoisotopic (exact) mass is 449 g/mol. The molecule has 0 aliphatic heterocycles. The lowest BCUT2D eigenvalue weighted by atomic mass is 9.93. The highest BCUT2D eigenvalue weighted by atomic mass is 32.2. The number of hydrogen-bond acceptors (Lipinski definition) is 5. The van der Waals surface area contributed by atoms with Crippen LogP contribution in [0.1, 0.15) is 62.9 Å². The van der Waals surface area contributed by atoms with Crippen LogP contribution in [-0.4, -0.2) is 29.2 Å². The number of alkyl halides is 2. The Kier molecular flexibility index (Phi) is 5.57. The fraction of sp³-hybridized carbons (Fsp3) is 0.500. The smallest absolute Gasteiger partial charge is 0.303 e. The van der Waals surface area contributed by atoms with Gasteiger partial charge in [-0.3, -0.25) is 4.79 Å². The molecule has 0 radical (unpaired) electrons. The number of hydrogen-bond donors (Lipinski definition) is 0. The lowest BCUT2D eigenvalue weighted by Gasteiger charge is -2.21. The van der Waals surface area contributed by atoms with Gasteiger partial charge in [-0.05, 0) is 50.0 Å². The van der Waals surface area contributed by atoms with Crippen molar-refractivity contribution in [1.29, 1.82) is 0 Å². The summed E-state index contributed by atoms with van der Waals surface area (Å²) in [7, 11) is -3.36. The molecule has 1 fully saturated rings. The molecule has 1 atom stereocenters. The maximum Gasteiger partial charge on any atom is 0.303 e. The minimum atomic E-state index is -3.36. The third-order valence-corrected chi connectivity index (χ3v) is 6.41. The molecule has 0 bridgehead atoms. The molecule has 6 nitrogen and oxygen atoms in total.